The molecule has 0 saturated heterocycles. The summed E-state index contributed by atoms with van der Waals surface area (Å²) in [4.78, 5) is 15.8. The van der Waals surface area contributed by atoms with E-state index in [1.54, 1.807) is 6.20 Å². The van der Waals surface area contributed by atoms with Gasteiger partial charge in [-0.05, 0) is 28.8 Å². The lowest BCUT2D eigenvalue weighted by Crippen LogP contribution is -2.26. The Labute approximate surface area is 94.3 Å². The quantitative estimate of drug-likeness (QED) is 0.854. The Morgan fingerprint density at radius 2 is 2.43 bits per heavy atom. The molecule has 2 atom stereocenters. The molecule has 1 aromatic rings. The highest BCUT2D eigenvalue weighted by molar-refractivity contribution is 9.11. The van der Waals surface area contributed by atoms with E-state index in [0.717, 1.165) is 8.79 Å². The van der Waals surface area contributed by atoms with Gasteiger partial charge in [0, 0.05) is 6.42 Å². The van der Waals surface area contributed by atoms with Crippen molar-refractivity contribution in [2.24, 2.45) is 0 Å². The number of hydrogen-bond acceptors (Lipinski definition) is 4. The van der Waals surface area contributed by atoms with Crippen LogP contribution in [0.15, 0.2) is 9.98 Å². The second-order valence-electron chi connectivity index (χ2n) is 3.45. The second-order valence-corrected chi connectivity index (χ2v) is 5.89. The molecule has 0 spiro atoms. The van der Waals surface area contributed by atoms with Crippen LogP contribution in [0.4, 0.5) is 0 Å². The molecule has 14 heavy (non-hydrogen) atoms. The number of halogens is 1. The first-order valence-electron chi connectivity index (χ1n) is 4.49. The van der Waals surface area contributed by atoms with E-state index in [0.29, 0.717) is 19.3 Å². The molecular formula is C9H10BrNO2S. The summed E-state index contributed by atoms with van der Waals surface area (Å²) in [6.07, 6.45) is 2.96. The Balaban J connectivity index is 2.19. The molecule has 1 saturated carbocycles. The number of ketones is 1. The van der Waals surface area contributed by atoms with Crippen LogP contribution in [0.5, 0.6) is 0 Å². The maximum Gasteiger partial charge on any atom is 0.142 e. The van der Waals surface area contributed by atoms with Crippen LogP contribution in [-0.4, -0.2) is 22.0 Å². The predicted octanol–water partition coefficient (Wildman–Crippen LogP) is 2.10. The van der Waals surface area contributed by atoms with Gasteiger partial charge < -0.3 is 5.11 Å². The van der Waals surface area contributed by atoms with Gasteiger partial charge in [0.1, 0.15) is 10.8 Å². The van der Waals surface area contributed by atoms with Crippen molar-refractivity contribution in [1.82, 2.24) is 4.98 Å². The van der Waals surface area contributed by atoms with E-state index in [4.69, 9.17) is 0 Å². The Kier molecular flexibility index (Phi) is 2.99. The molecule has 3 nitrogen and oxygen atoms in total. The Morgan fingerprint density at radius 1 is 1.64 bits per heavy atom. The fourth-order valence-corrected chi connectivity index (χ4v) is 3.05. The highest BCUT2D eigenvalue weighted by atomic mass is 79.9. The number of hydrogen-bond donors (Lipinski definition) is 1. The molecule has 1 fully saturated rings. The van der Waals surface area contributed by atoms with Crippen LogP contribution in [0.1, 0.15) is 30.2 Å². The molecule has 0 bridgehead atoms. The van der Waals surface area contributed by atoms with Crippen LogP contribution in [0.3, 0.4) is 0 Å². The minimum atomic E-state index is -0.347. The van der Waals surface area contributed by atoms with Gasteiger partial charge in [0.25, 0.3) is 0 Å². The zero-order valence-electron chi connectivity index (χ0n) is 7.44. The predicted molar refractivity (Wildman–Crippen MR) is 57.4 cm³/mol. The first-order chi connectivity index (χ1) is 6.66. The summed E-state index contributed by atoms with van der Waals surface area (Å²) < 4.78 is 0.931. The van der Waals surface area contributed by atoms with Gasteiger partial charge in [-0.2, -0.15) is 0 Å². The molecule has 0 aliphatic heterocycles. The molecule has 1 aliphatic carbocycles. The van der Waals surface area contributed by atoms with Crippen molar-refractivity contribution in [2.75, 3.05) is 0 Å². The normalized spacial score (nSPS) is 28.0. The van der Waals surface area contributed by atoms with Crippen molar-refractivity contribution in [3.05, 3.63) is 15.0 Å². The summed E-state index contributed by atoms with van der Waals surface area (Å²) in [6, 6.07) is 0. The summed E-state index contributed by atoms with van der Waals surface area (Å²) in [5.41, 5.74) is 0. The van der Waals surface area contributed by atoms with E-state index in [-0.39, 0.29) is 17.8 Å². The number of aliphatic hydroxyl groups is 1. The van der Waals surface area contributed by atoms with Crippen LogP contribution < -0.4 is 0 Å². The van der Waals surface area contributed by atoms with E-state index in [1.807, 2.05) is 0 Å². The highest BCUT2D eigenvalue weighted by Gasteiger charge is 2.30. The lowest BCUT2D eigenvalue weighted by atomic mass is 9.86. The third-order valence-corrected chi connectivity index (χ3v) is 4.00. The van der Waals surface area contributed by atoms with Crippen LogP contribution in [0.2, 0.25) is 0 Å². The van der Waals surface area contributed by atoms with E-state index >= 15 is 0 Å². The van der Waals surface area contributed by atoms with Gasteiger partial charge in [-0.3, -0.25) is 4.79 Å². The molecule has 76 valence electrons. The van der Waals surface area contributed by atoms with Crippen LogP contribution in [-0.2, 0) is 4.79 Å². The highest BCUT2D eigenvalue weighted by Crippen LogP contribution is 2.33. The standard InChI is InChI=1S/C9H10BrNO2S/c10-8-4-11-9(14-8)6-3-5(12)1-2-7(6)13/h4-6,12H,1-3H2. The van der Waals surface area contributed by atoms with Gasteiger partial charge in [-0.25, -0.2) is 4.98 Å². The minimum absolute atomic E-state index is 0.185. The Morgan fingerprint density at radius 3 is 3.07 bits per heavy atom. The lowest BCUT2D eigenvalue weighted by molar-refractivity contribution is -0.123. The van der Waals surface area contributed by atoms with Crippen molar-refractivity contribution >= 4 is 33.0 Å². The number of carbonyl (C=O) groups excluding carboxylic acids is 1. The molecule has 2 rings (SSSR count). The first-order valence-corrected chi connectivity index (χ1v) is 6.10. The van der Waals surface area contributed by atoms with Crippen molar-refractivity contribution in [1.29, 1.82) is 0 Å². The lowest BCUT2D eigenvalue weighted by Gasteiger charge is -2.22. The van der Waals surface area contributed by atoms with Gasteiger partial charge in [-0.1, -0.05) is 0 Å². The molecule has 0 radical (unpaired) electrons. The molecule has 5 heteroatoms. The van der Waals surface area contributed by atoms with Crippen molar-refractivity contribution in [3.8, 4) is 0 Å². The van der Waals surface area contributed by atoms with Gasteiger partial charge in [0.15, 0.2) is 0 Å². The average Bonchev–Trinajstić information content (AvgIpc) is 2.56. The maximum atomic E-state index is 11.6. The maximum absolute atomic E-state index is 11.6. The van der Waals surface area contributed by atoms with Gasteiger partial charge >= 0.3 is 0 Å². The molecule has 1 aromatic heterocycles. The summed E-state index contributed by atoms with van der Waals surface area (Å²) in [6.45, 7) is 0. The zero-order valence-corrected chi connectivity index (χ0v) is 9.84. The first kappa shape index (κ1) is 10.3. The van der Waals surface area contributed by atoms with Gasteiger partial charge in [0.2, 0.25) is 0 Å². The summed E-state index contributed by atoms with van der Waals surface area (Å²) in [5.74, 6) is 0.0206. The second kappa shape index (κ2) is 4.08. The molecule has 1 aliphatic rings. The Bertz CT molecular complexity index is 352. The van der Waals surface area contributed by atoms with Crippen LogP contribution in [0, 0.1) is 0 Å². The third-order valence-electron chi connectivity index (χ3n) is 2.41. The van der Waals surface area contributed by atoms with Crippen molar-refractivity contribution < 1.29 is 9.90 Å². The van der Waals surface area contributed by atoms with E-state index < -0.39 is 0 Å². The van der Waals surface area contributed by atoms with Gasteiger partial charge in [0.05, 0.1) is 22.0 Å². The largest absolute Gasteiger partial charge is 0.393 e. The molecule has 0 amide bonds. The molecular weight excluding hydrogens is 266 g/mol. The summed E-state index contributed by atoms with van der Waals surface area (Å²) >= 11 is 4.79. The summed E-state index contributed by atoms with van der Waals surface area (Å²) in [7, 11) is 0. The smallest absolute Gasteiger partial charge is 0.142 e. The number of nitrogens with zero attached hydrogens (tertiary/aromatic N) is 1. The fourth-order valence-electron chi connectivity index (χ4n) is 1.67. The monoisotopic (exact) mass is 275 g/mol. The van der Waals surface area contributed by atoms with Crippen molar-refractivity contribution in [2.45, 2.75) is 31.3 Å². The number of rotatable bonds is 1. The fraction of sp³-hybridized carbons (Fsp3) is 0.556. The summed E-state index contributed by atoms with van der Waals surface area (Å²) in [5, 5.41) is 10.3. The van der Waals surface area contributed by atoms with E-state index in [1.165, 1.54) is 11.3 Å². The van der Waals surface area contributed by atoms with Crippen LogP contribution >= 0.6 is 27.3 Å². The number of aromatic nitrogens is 1. The molecule has 1 heterocycles. The number of Topliss-reactive ketones (excluding diaryl/α,β-unsaturated/α-hetero) is 1. The van der Waals surface area contributed by atoms with Crippen molar-refractivity contribution in [3.63, 3.8) is 0 Å². The number of thiazole rings is 1. The SMILES string of the molecule is O=C1CCC(O)CC1c1ncc(Br)s1. The molecule has 1 N–H and O–H groups in total. The third kappa shape index (κ3) is 2.04. The minimum Gasteiger partial charge on any atom is -0.393 e. The zero-order chi connectivity index (χ0) is 10.1. The Hall–Kier alpha value is -0.260. The number of carbonyl (C=O) groups is 1. The topological polar surface area (TPSA) is 50.2 Å². The van der Waals surface area contributed by atoms with E-state index in [9.17, 15) is 9.90 Å². The van der Waals surface area contributed by atoms with Crippen LogP contribution in [0.25, 0.3) is 0 Å². The van der Waals surface area contributed by atoms with Gasteiger partial charge in [-0.15, -0.1) is 11.3 Å². The van der Waals surface area contributed by atoms with E-state index in [2.05, 4.69) is 20.9 Å². The average molecular weight is 276 g/mol. The molecule has 2 unspecified atom stereocenters. The molecule has 0 aromatic carbocycles. The number of aliphatic hydroxyl groups excluding tert-OH is 1.